The standard InChI is InChI=1S/C20H13Cl2N3O3S/c1-10-23-24-20(29-10)25-16(11-2-6-13(21)7-3-11)15(18(27)19(25)28)17(26)12-4-8-14(22)9-5-12/h2-9,16,26H,1H3/b17-15+. The van der Waals surface area contributed by atoms with E-state index in [4.69, 9.17) is 23.2 Å². The third-order valence-corrected chi connectivity index (χ3v) is 5.81. The topological polar surface area (TPSA) is 83.4 Å². The Kier molecular flexibility index (Phi) is 5.12. The van der Waals surface area contributed by atoms with Gasteiger partial charge in [-0.05, 0) is 48.9 Å². The van der Waals surface area contributed by atoms with Crippen LogP contribution in [-0.2, 0) is 9.59 Å². The molecule has 146 valence electrons. The number of carbonyl (C=O) groups is 2. The van der Waals surface area contributed by atoms with Gasteiger partial charge in [0.15, 0.2) is 0 Å². The van der Waals surface area contributed by atoms with Crippen LogP contribution in [0.1, 0.15) is 22.2 Å². The fourth-order valence-corrected chi connectivity index (χ4v) is 4.10. The molecule has 1 N–H and O–H groups in total. The van der Waals surface area contributed by atoms with Gasteiger partial charge in [0, 0.05) is 15.6 Å². The molecule has 1 atom stereocenters. The molecule has 0 bridgehead atoms. The van der Waals surface area contributed by atoms with Crippen molar-refractivity contribution in [1.82, 2.24) is 10.2 Å². The first-order valence-corrected chi connectivity index (χ1v) is 10.1. The molecular weight excluding hydrogens is 433 g/mol. The first-order valence-electron chi connectivity index (χ1n) is 8.49. The van der Waals surface area contributed by atoms with E-state index in [1.165, 1.54) is 16.2 Å². The normalized spacial score (nSPS) is 18.4. The molecule has 2 heterocycles. The van der Waals surface area contributed by atoms with Crippen molar-refractivity contribution >= 4 is 57.1 Å². The predicted octanol–water partition coefficient (Wildman–Crippen LogP) is 4.78. The van der Waals surface area contributed by atoms with Crippen LogP contribution in [0.15, 0.2) is 54.1 Å². The number of amides is 1. The first-order chi connectivity index (χ1) is 13.9. The maximum Gasteiger partial charge on any atom is 0.301 e. The third-order valence-electron chi connectivity index (χ3n) is 4.47. The molecule has 9 heteroatoms. The minimum Gasteiger partial charge on any atom is -0.507 e. The Morgan fingerprint density at radius 2 is 1.59 bits per heavy atom. The number of hydrogen-bond acceptors (Lipinski definition) is 6. The van der Waals surface area contributed by atoms with Gasteiger partial charge in [-0.1, -0.05) is 46.7 Å². The van der Waals surface area contributed by atoms with Crippen LogP contribution in [0.3, 0.4) is 0 Å². The Morgan fingerprint density at radius 1 is 1.00 bits per heavy atom. The fraction of sp³-hybridized carbons (Fsp3) is 0.100. The summed E-state index contributed by atoms with van der Waals surface area (Å²) in [6, 6.07) is 12.2. The van der Waals surface area contributed by atoms with E-state index in [2.05, 4.69) is 10.2 Å². The van der Waals surface area contributed by atoms with Crippen LogP contribution < -0.4 is 4.90 Å². The molecule has 1 aliphatic heterocycles. The average molecular weight is 446 g/mol. The minimum atomic E-state index is -0.865. The highest BCUT2D eigenvalue weighted by atomic mass is 35.5. The number of ketones is 1. The van der Waals surface area contributed by atoms with Gasteiger partial charge in [-0.25, -0.2) is 0 Å². The van der Waals surface area contributed by atoms with Gasteiger partial charge in [0.2, 0.25) is 5.13 Å². The van der Waals surface area contributed by atoms with Crippen LogP contribution in [0.25, 0.3) is 5.76 Å². The highest BCUT2D eigenvalue weighted by Crippen LogP contribution is 2.43. The lowest BCUT2D eigenvalue weighted by Gasteiger charge is -2.22. The minimum absolute atomic E-state index is 0.0347. The van der Waals surface area contributed by atoms with Gasteiger partial charge >= 0.3 is 5.91 Å². The maximum atomic E-state index is 12.9. The van der Waals surface area contributed by atoms with E-state index in [1.54, 1.807) is 55.5 Å². The second-order valence-electron chi connectivity index (χ2n) is 6.33. The molecule has 29 heavy (non-hydrogen) atoms. The highest BCUT2D eigenvalue weighted by molar-refractivity contribution is 7.15. The summed E-state index contributed by atoms with van der Waals surface area (Å²) in [6.45, 7) is 1.75. The summed E-state index contributed by atoms with van der Waals surface area (Å²) in [5.41, 5.74) is 0.948. The number of benzene rings is 2. The van der Waals surface area contributed by atoms with E-state index < -0.39 is 17.7 Å². The molecule has 1 aliphatic rings. The second-order valence-corrected chi connectivity index (χ2v) is 8.36. The Balaban J connectivity index is 1.93. The summed E-state index contributed by atoms with van der Waals surface area (Å²) in [5.74, 6) is -1.87. The molecule has 3 aromatic rings. The number of aliphatic hydroxyl groups excluding tert-OH is 1. The number of rotatable bonds is 3. The molecule has 2 aromatic carbocycles. The molecule has 0 aliphatic carbocycles. The lowest BCUT2D eigenvalue weighted by Crippen LogP contribution is -2.29. The first kappa shape index (κ1) is 19.6. The predicted molar refractivity (Wildman–Crippen MR) is 112 cm³/mol. The summed E-state index contributed by atoms with van der Waals surface area (Å²) in [7, 11) is 0. The van der Waals surface area contributed by atoms with Crippen LogP contribution in [0.5, 0.6) is 0 Å². The van der Waals surface area contributed by atoms with Gasteiger partial charge in [-0.2, -0.15) is 0 Å². The molecule has 1 fully saturated rings. The van der Waals surface area contributed by atoms with E-state index in [0.717, 1.165) is 0 Å². The average Bonchev–Trinajstić information content (AvgIpc) is 3.24. The number of hydrogen-bond donors (Lipinski definition) is 1. The van der Waals surface area contributed by atoms with Crippen molar-refractivity contribution in [2.45, 2.75) is 13.0 Å². The number of anilines is 1. The lowest BCUT2D eigenvalue weighted by molar-refractivity contribution is -0.132. The molecule has 6 nitrogen and oxygen atoms in total. The van der Waals surface area contributed by atoms with Crippen LogP contribution in [0.4, 0.5) is 5.13 Å². The van der Waals surface area contributed by atoms with Crippen molar-refractivity contribution in [3.63, 3.8) is 0 Å². The van der Waals surface area contributed by atoms with Gasteiger partial charge in [-0.3, -0.25) is 14.5 Å². The molecule has 4 rings (SSSR count). The van der Waals surface area contributed by atoms with E-state index >= 15 is 0 Å². The van der Waals surface area contributed by atoms with Crippen LogP contribution in [0.2, 0.25) is 10.0 Å². The van der Waals surface area contributed by atoms with Crippen LogP contribution in [-0.4, -0.2) is 27.0 Å². The van der Waals surface area contributed by atoms with E-state index in [0.29, 0.717) is 26.2 Å². The monoisotopic (exact) mass is 445 g/mol. The van der Waals surface area contributed by atoms with Gasteiger partial charge < -0.3 is 5.11 Å². The molecular formula is C20H13Cl2N3O3S. The molecule has 0 spiro atoms. The summed E-state index contributed by atoms with van der Waals surface area (Å²) >= 11 is 13.1. The van der Waals surface area contributed by atoms with Crippen molar-refractivity contribution in [1.29, 1.82) is 0 Å². The highest BCUT2D eigenvalue weighted by Gasteiger charge is 2.48. The summed E-state index contributed by atoms with van der Waals surface area (Å²) < 4.78 is 0. The van der Waals surface area contributed by atoms with Crippen molar-refractivity contribution in [3.8, 4) is 0 Å². The number of aryl methyl sites for hydroxylation is 1. The van der Waals surface area contributed by atoms with Crippen molar-refractivity contribution < 1.29 is 14.7 Å². The zero-order valence-corrected chi connectivity index (χ0v) is 17.3. The van der Waals surface area contributed by atoms with Gasteiger partial charge in [0.25, 0.3) is 5.78 Å². The Morgan fingerprint density at radius 3 is 2.14 bits per heavy atom. The number of aromatic nitrogens is 2. The molecule has 1 saturated heterocycles. The molecule has 1 unspecified atom stereocenters. The zero-order chi connectivity index (χ0) is 20.7. The van der Waals surface area contributed by atoms with Crippen molar-refractivity contribution in [2.24, 2.45) is 0 Å². The van der Waals surface area contributed by atoms with E-state index in [9.17, 15) is 14.7 Å². The van der Waals surface area contributed by atoms with Crippen LogP contribution >= 0.6 is 34.5 Å². The second kappa shape index (κ2) is 7.59. The van der Waals surface area contributed by atoms with Gasteiger partial charge in [0.1, 0.15) is 10.8 Å². The quantitative estimate of drug-likeness (QED) is 0.356. The van der Waals surface area contributed by atoms with E-state index in [-0.39, 0.29) is 16.5 Å². The molecule has 0 radical (unpaired) electrons. The lowest BCUT2D eigenvalue weighted by atomic mass is 9.95. The summed E-state index contributed by atoms with van der Waals surface area (Å²) in [5, 5.41) is 20.8. The number of halogens is 2. The zero-order valence-electron chi connectivity index (χ0n) is 15.0. The summed E-state index contributed by atoms with van der Waals surface area (Å²) in [6.07, 6.45) is 0. The van der Waals surface area contributed by atoms with Crippen molar-refractivity contribution in [3.05, 3.63) is 80.3 Å². The van der Waals surface area contributed by atoms with Gasteiger partial charge in [-0.15, -0.1) is 10.2 Å². The maximum absolute atomic E-state index is 12.9. The largest absolute Gasteiger partial charge is 0.507 e. The molecule has 1 amide bonds. The van der Waals surface area contributed by atoms with E-state index in [1.807, 2.05) is 0 Å². The molecule has 1 aromatic heterocycles. The number of nitrogens with zero attached hydrogens (tertiary/aromatic N) is 3. The van der Waals surface area contributed by atoms with Gasteiger partial charge in [0.05, 0.1) is 11.6 Å². The molecule has 0 saturated carbocycles. The Labute approximate surface area is 180 Å². The third kappa shape index (κ3) is 3.53. The Hall–Kier alpha value is -2.74. The smallest absolute Gasteiger partial charge is 0.301 e. The number of carbonyl (C=O) groups excluding carboxylic acids is 2. The number of aliphatic hydroxyl groups is 1. The summed E-state index contributed by atoms with van der Waals surface area (Å²) in [4.78, 5) is 27.1. The Bertz CT molecular complexity index is 1140. The fourth-order valence-electron chi connectivity index (χ4n) is 3.14. The number of Topliss-reactive ketones (excluding diaryl/α,β-unsaturated/α-hetero) is 1. The van der Waals surface area contributed by atoms with Crippen LogP contribution in [0, 0.1) is 6.92 Å². The van der Waals surface area contributed by atoms with Crippen molar-refractivity contribution in [2.75, 3.05) is 4.90 Å². The SMILES string of the molecule is Cc1nnc(N2C(=O)C(=O)/C(=C(/O)c3ccc(Cl)cc3)C2c2ccc(Cl)cc2)s1.